The van der Waals surface area contributed by atoms with E-state index in [1.165, 1.54) is 5.56 Å². The molecule has 2 aromatic rings. The van der Waals surface area contributed by atoms with E-state index < -0.39 is 0 Å². The van der Waals surface area contributed by atoms with E-state index in [1.54, 1.807) is 24.5 Å². The van der Waals surface area contributed by atoms with Crippen molar-refractivity contribution in [2.75, 3.05) is 39.3 Å². The Morgan fingerprint density at radius 2 is 1.79 bits per heavy atom. The van der Waals surface area contributed by atoms with E-state index >= 15 is 0 Å². The highest BCUT2D eigenvalue weighted by molar-refractivity contribution is 5.91. The van der Waals surface area contributed by atoms with Gasteiger partial charge in [0.2, 0.25) is 5.91 Å². The van der Waals surface area contributed by atoms with Crippen LogP contribution < -0.4 is 5.32 Å². The molecule has 1 aliphatic rings. The second kappa shape index (κ2) is 11.4. The first-order chi connectivity index (χ1) is 13.8. The first-order valence-corrected chi connectivity index (χ1v) is 10.1. The normalized spacial score (nSPS) is 15.7. The number of carbonyl (C=O) groups is 1. The number of hydrogen-bond acceptors (Lipinski definition) is 4. The van der Waals surface area contributed by atoms with E-state index in [-0.39, 0.29) is 5.91 Å². The Labute approximate surface area is 168 Å². The summed E-state index contributed by atoms with van der Waals surface area (Å²) in [5.74, 6) is -0.0432. The predicted octanol–water partition coefficient (Wildman–Crippen LogP) is 2.81. The second-order valence-electron chi connectivity index (χ2n) is 7.22. The molecule has 1 aliphatic heterocycles. The Balaban J connectivity index is 1.23. The quantitative estimate of drug-likeness (QED) is 0.538. The first-order valence-electron chi connectivity index (χ1n) is 10.1. The molecule has 1 aromatic heterocycles. The van der Waals surface area contributed by atoms with Crippen LogP contribution in [0.1, 0.15) is 24.0 Å². The van der Waals surface area contributed by atoms with E-state index in [2.05, 4.69) is 50.4 Å². The van der Waals surface area contributed by atoms with Crippen molar-refractivity contribution >= 4 is 12.0 Å². The zero-order valence-corrected chi connectivity index (χ0v) is 16.5. The summed E-state index contributed by atoms with van der Waals surface area (Å²) in [6.07, 6.45) is 8.95. The smallest absolute Gasteiger partial charge is 0.243 e. The van der Waals surface area contributed by atoms with E-state index in [1.807, 2.05) is 12.1 Å². The van der Waals surface area contributed by atoms with Gasteiger partial charge < -0.3 is 10.2 Å². The van der Waals surface area contributed by atoms with Crippen LogP contribution in [0.25, 0.3) is 6.08 Å². The molecule has 1 amide bonds. The molecule has 5 heteroatoms. The SMILES string of the molecule is O=C(/C=C/c1cccnc1)NCCCCN1CCN(Cc2ccccc2)CC1. The second-order valence-corrected chi connectivity index (χ2v) is 7.22. The van der Waals surface area contributed by atoms with Gasteiger partial charge >= 0.3 is 0 Å². The van der Waals surface area contributed by atoms with E-state index in [9.17, 15) is 4.79 Å². The molecule has 0 saturated carbocycles. The van der Waals surface area contributed by atoms with E-state index in [0.29, 0.717) is 0 Å². The maximum atomic E-state index is 11.8. The van der Waals surface area contributed by atoms with Gasteiger partial charge in [0, 0.05) is 57.7 Å². The fourth-order valence-corrected chi connectivity index (χ4v) is 3.39. The summed E-state index contributed by atoms with van der Waals surface area (Å²) in [7, 11) is 0. The molecule has 1 saturated heterocycles. The molecule has 1 N–H and O–H groups in total. The van der Waals surface area contributed by atoms with Crippen molar-refractivity contribution in [3.63, 3.8) is 0 Å². The summed E-state index contributed by atoms with van der Waals surface area (Å²) in [6.45, 7) is 7.41. The molecule has 1 fully saturated rings. The highest BCUT2D eigenvalue weighted by atomic mass is 16.1. The van der Waals surface area contributed by atoms with Crippen LogP contribution in [0.4, 0.5) is 0 Å². The molecular weight excluding hydrogens is 348 g/mol. The van der Waals surface area contributed by atoms with Crippen molar-refractivity contribution in [2.45, 2.75) is 19.4 Å². The number of benzene rings is 1. The van der Waals surface area contributed by atoms with Gasteiger partial charge in [-0.3, -0.25) is 14.7 Å². The van der Waals surface area contributed by atoms with Crippen LogP contribution in [0.2, 0.25) is 0 Å². The fourth-order valence-electron chi connectivity index (χ4n) is 3.39. The largest absolute Gasteiger partial charge is 0.353 e. The molecule has 3 rings (SSSR count). The Hall–Kier alpha value is -2.50. The topological polar surface area (TPSA) is 48.5 Å². The molecule has 0 atom stereocenters. The van der Waals surface area contributed by atoms with Gasteiger partial charge in [0.05, 0.1) is 0 Å². The number of unbranched alkanes of at least 4 members (excludes halogenated alkanes) is 1. The maximum absolute atomic E-state index is 11.8. The van der Waals surface area contributed by atoms with Crippen LogP contribution in [0.3, 0.4) is 0 Å². The van der Waals surface area contributed by atoms with E-state index in [0.717, 1.165) is 64.2 Å². The molecule has 0 radical (unpaired) electrons. The van der Waals surface area contributed by atoms with Gasteiger partial charge in [-0.2, -0.15) is 0 Å². The van der Waals surface area contributed by atoms with Gasteiger partial charge in [-0.05, 0) is 42.7 Å². The number of aromatic nitrogens is 1. The van der Waals surface area contributed by atoms with E-state index in [4.69, 9.17) is 0 Å². The zero-order valence-electron chi connectivity index (χ0n) is 16.5. The van der Waals surface area contributed by atoms with Gasteiger partial charge in [0.25, 0.3) is 0 Å². The van der Waals surface area contributed by atoms with Crippen LogP contribution in [0.5, 0.6) is 0 Å². The summed E-state index contributed by atoms with van der Waals surface area (Å²) in [6, 6.07) is 14.5. The lowest BCUT2D eigenvalue weighted by Gasteiger charge is -2.34. The zero-order chi connectivity index (χ0) is 19.4. The molecule has 28 heavy (non-hydrogen) atoms. The third kappa shape index (κ3) is 7.25. The highest BCUT2D eigenvalue weighted by Gasteiger charge is 2.16. The molecule has 5 nitrogen and oxygen atoms in total. The average molecular weight is 379 g/mol. The number of rotatable bonds is 9. The lowest BCUT2D eigenvalue weighted by atomic mass is 10.2. The molecule has 1 aromatic carbocycles. The number of piperazine rings is 1. The minimum Gasteiger partial charge on any atom is -0.353 e. The number of amides is 1. The molecule has 0 bridgehead atoms. The van der Waals surface area contributed by atoms with Crippen molar-refractivity contribution in [2.24, 2.45) is 0 Å². The third-order valence-electron chi connectivity index (χ3n) is 5.03. The van der Waals surface area contributed by atoms with Gasteiger partial charge in [0.1, 0.15) is 0 Å². The van der Waals surface area contributed by atoms with Crippen molar-refractivity contribution in [3.8, 4) is 0 Å². The van der Waals surface area contributed by atoms with Crippen molar-refractivity contribution in [1.29, 1.82) is 0 Å². The minimum atomic E-state index is -0.0432. The average Bonchev–Trinajstić information content (AvgIpc) is 2.75. The highest BCUT2D eigenvalue weighted by Crippen LogP contribution is 2.09. The number of pyridine rings is 1. The van der Waals surface area contributed by atoms with Gasteiger partial charge in [-0.15, -0.1) is 0 Å². The van der Waals surface area contributed by atoms with Crippen LogP contribution in [0, 0.1) is 0 Å². The lowest BCUT2D eigenvalue weighted by molar-refractivity contribution is -0.116. The molecule has 0 unspecified atom stereocenters. The summed E-state index contributed by atoms with van der Waals surface area (Å²) >= 11 is 0. The van der Waals surface area contributed by atoms with Crippen LogP contribution >= 0.6 is 0 Å². The summed E-state index contributed by atoms with van der Waals surface area (Å²) in [5.41, 5.74) is 2.33. The van der Waals surface area contributed by atoms with Gasteiger partial charge in [-0.1, -0.05) is 36.4 Å². The molecule has 148 valence electrons. The first kappa shape index (κ1) is 20.2. The Morgan fingerprint density at radius 3 is 2.54 bits per heavy atom. The molecule has 0 aliphatic carbocycles. The third-order valence-corrected chi connectivity index (χ3v) is 5.03. The van der Waals surface area contributed by atoms with Crippen molar-refractivity contribution in [1.82, 2.24) is 20.1 Å². The van der Waals surface area contributed by atoms with Crippen LogP contribution in [0.15, 0.2) is 60.9 Å². The van der Waals surface area contributed by atoms with Crippen molar-refractivity contribution in [3.05, 3.63) is 72.1 Å². The summed E-state index contributed by atoms with van der Waals surface area (Å²) < 4.78 is 0. The lowest BCUT2D eigenvalue weighted by Crippen LogP contribution is -2.46. The standard InChI is InChI=1S/C23H30N4O/c28-23(11-10-21-9-6-12-24-19-21)25-13-4-5-14-26-15-17-27(18-16-26)20-22-7-2-1-3-8-22/h1-3,6-12,19H,4-5,13-18,20H2,(H,25,28)/b11-10+. The van der Waals surface area contributed by atoms with Crippen LogP contribution in [-0.2, 0) is 11.3 Å². The Bertz CT molecular complexity index is 725. The predicted molar refractivity (Wildman–Crippen MR) is 114 cm³/mol. The summed E-state index contributed by atoms with van der Waals surface area (Å²) in [5, 5.41) is 2.95. The molecular formula is C23H30N4O. The molecule has 0 spiro atoms. The molecule has 2 heterocycles. The Kier molecular flexibility index (Phi) is 8.22. The minimum absolute atomic E-state index is 0.0432. The van der Waals surface area contributed by atoms with Gasteiger partial charge in [-0.25, -0.2) is 0 Å². The number of hydrogen-bond donors (Lipinski definition) is 1. The number of nitrogens with one attached hydrogen (secondary N) is 1. The Morgan fingerprint density at radius 1 is 1.00 bits per heavy atom. The summed E-state index contributed by atoms with van der Waals surface area (Å²) in [4.78, 5) is 20.9. The van der Waals surface area contributed by atoms with Crippen molar-refractivity contribution < 1.29 is 4.79 Å². The number of nitrogens with zero attached hydrogens (tertiary/aromatic N) is 3. The van der Waals surface area contributed by atoms with Crippen LogP contribution in [-0.4, -0.2) is 60.0 Å². The number of carbonyl (C=O) groups excluding carboxylic acids is 1. The maximum Gasteiger partial charge on any atom is 0.243 e. The van der Waals surface area contributed by atoms with Gasteiger partial charge in [0.15, 0.2) is 0 Å². The monoisotopic (exact) mass is 378 g/mol. The fraction of sp³-hybridized carbons (Fsp3) is 0.391.